The van der Waals surface area contributed by atoms with E-state index in [-0.39, 0.29) is 0 Å². The fraction of sp³-hybridized carbons (Fsp3) is 0.400. The summed E-state index contributed by atoms with van der Waals surface area (Å²) in [5, 5.41) is 13.7. The van der Waals surface area contributed by atoms with Crippen LogP contribution in [0, 0.1) is 6.92 Å². The Balaban J connectivity index is 1.86. The van der Waals surface area contributed by atoms with Gasteiger partial charge in [0, 0.05) is 12.8 Å². The summed E-state index contributed by atoms with van der Waals surface area (Å²) in [6, 6.07) is 0. The predicted molar refractivity (Wildman–Crippen MR) is 60.9 cm³/mol. The van der Waals surface area contributed by atoms with E-state index in [1.165, 1.54) is 24.2 Å². The molecule has 1 fully saturated rings. The van der Waals surface area contributed by atoms with Crippen LogP contribution in [0.1, 0.15) is 30.5 Å². The molecule has 1 saturated carbocycles. The summed E-state index contributed by atoms with van der Waals surface area (Å²) in [6.07, 6.45) is 4.01. The molecule has 0 spiro atoms. The zero-order chi connectivity index (χ0) is 11.4. The van der Waals surface area contributed by atoms with Gasteiger partial charge in [-0.05, 0) is 12.8 Å². The molecule has 3 aromatic heterocycles. The van der Waals surface area contributed by atoms with Crippen LogP contribution in [0.25, 0.3) is 15.7 Å². The van der Waals surface area contributed by atoms with Crippen LogP contribution in [-0.4, -0.2) is 24.8 Å². The summed E-state index contributed by atoms with van der Waals surface area (Å²) in [5.41, 5.74) is 0.764. The molecule has 0 atom stereocenters. The van der Waals surface area contributed by atoms with E-state index in [1.807, 2.05) is 11.4 Å². The van der Waals surface area contributed by atoms with Crippen molar-refractivity contribution in [1.29, 1.82) is 0 Å². The summed E-state index contributed by atoms with van der Waals surface area (Å²) in [7, 11) is 0. The average molecular weight is 247 g/mol. The smallest absolute Gasteiger partial charge is 0.235 e. The molecule has 3 aromatic rings. The molecule has 17 heavy (non-hydrogen) atoms. The van der Waals surface area contributed by atoms with E-state index in [2.05, 4.69) is 20.3 Å². The number of nitrogens with zero attached hydrogens (tertiary/aromatic N) is 5. The van der Waals surface area contributed by atoms with Gasteiger partial charge in [0.05, 0.1) is 0 Å². The van der Waals surface area contributed by atoms with Crippen molar-refractivity contribution < 1.29 is 4.42 Å². The third kappa shape index (κ3) is 1.39. The standard InChI is InChI=1S/C10H9N5OS/c1-5-11-7(4-16-5)9-14-15-8(6-2-3-6)12-13-10(15)17-9/h4,6H,2-3H2,1H3. The maximum Gasteiger partial charge on any atom is 0.235 e. The summed E-state index contributed by atoms with van der Waals surface area (Å²) in [4.78, 5) is 5.09. The number of rotatable bonds is 2. The summed E-state index contributed by atoms with van der Waals surface area (Å²) in [6.45, 7) is 1.82. The highest BCUT2D eigenvalue weighted by molar-refractivity contribution is 7.19. The maximum absolute atomic E-state index is 5.19. The molecule has 0 amide bonds. The second-order valence-corrected chi connectivity index (χ2v) is 5.14. The van der Waals surface area contributed by atoms with Crippen molar-refractivity contribution in [1.82, 2.24) is 24.8 Å². The SMILES string of the molecule is Cc1nc(-c2nn3c(C4CC4)nnc3s2)co1. The van der Waals surface area contributed by atoms with Gasteiger partial charge in [0.25, 0.3) is 0 Å². The van der Waals surface area contributed by atoms with Crippen LogP contribution < -0.4 is 0 Å². The molecule has 3 heterocycles. The zero-order valence-electron chi connectivity index (χ0n) is 9.12. The minimum Gasteiger partial charge on any atom is -0.449 e. The van der Waals surface area contributed by atoms with Crippen molar-refractivity contribution in [2.24, 2.45) is 0 Å². The van der Waals surface area contributed by atoms with E-state index < -0.39 is 0 Å². The fourth-order valence-electron chi connectivity index (χ4n) is 1.79. The maximum atomic E-state index is 5.19. The van der Waals surface area contributed by atoms with Crippen molar-refractivity contribution in [3.05, 3.63) is 18.0 Å². The lowest BCUT2D eigenvalue weighted by atomic mass is 10.4. The quantitative estimate of drug-likeness (QED) is 0.693. The molecule has 0 bridgehead atoms. The van der Waals surface area contributed by atoms with Crippen LogP contribution in [-0.2, 0) is 0 Å². The van der Waals surface area contributed by atoms with E-state index in [0.717, 1.165) is 21.5 Å². The van der Waals surface area contributed by atoms with Gasteiger partial charge in [-0.15, -0.1) is 10.2 Å². The normalized spacial score (nSPS) is 15.8. The lowest BCUT2D eigenvalue weighted by Gasteiger charge is -1.89. The molecule has 0 aliphatic heterocycles. The molecule has 0 unspecified atom stereocenters. The van der Waals surface area contributed by atoms with Crippen LogP contribution in [0.4, 0.5) is 0 Å². The van der Waals surface area contributed by atoms with E-state index in [0.29, 0.717) is 11.8 Å². The fourth-order valence-corrected chi connectivity index (χ4v) is 2.59. The predicted octanol–water partition coefficient (Wildman–Crippen LogP) is 2.03. The number of fused-ring (bicyclic) bond motifs is 1. The Kier molecular flexibility index (Phi) is 1.71. The van der Waals surface area contributed by atoms with Gasteiger partial charge >= 0.3 is 0 Å². The molecule has 0 aromatic carbocycles. The lowest BCUT2D eigenvalue weighted by Crippen LogP contribution is -1.93. The van der Waals surface area contributed by atoms with Gasteiger partial charge in [-0.25, -0.2) is 4.98 Å². The first-order chi connectivity index (χ1) is 8.31. The van der Waals surface area contributed by atoms with Crippen molar-refractivity contribution in [3.63, 3.8) is 0 Å². The van der Waals surface area contributed by atoms with Crippen LogP contribution in [0.15, 0.2) is 10.7 Å². The molecule has 0 radical (unpaired) electrons. The second-order valence-electron chi connectivity index (χ2n) is 4.19. The van der Waals surface area contributed by atoms with Gasteiger partial charge in [-0.3, -0.25) is 0 Å². The highest BCUT2D eigenvalue weighted by Crippen LogP contribution is 2.39. The van der Waals surface area contributed by atoms with Crippen molar-refractivity contribution in [2.75, 3.05) is 0 Å². The van der Waals surface area contributed by atoms with E-state index >= 15 is 0 Å². The van der Waals surface area contributed by atoms with Crippen molar-refractivity contribution in [2.45, 2.75) is 25.7 Å². The van der Waals surface area contributed by atoms with Crippen LogP contribution in [0.5, 0.6) is 0 Å². The molecule has 86 valence electrons. The number of oxazole rings is 1. The minimum atomic E-state index is 0.541. The zero-order valence-corrected chi connectivity index (χ0v) is 9.94. The van der Waals surface area contributed by atoms with Gasteiger partial charge < -0.3 is 4.42 Å². The Labute approximate surface area is 100 Å². The number of hydrogen-bond acceptors (Lipinski definition) is 6. The second kappa shape index (κ2) is 3.13. The number of aromatic nitrogens is 5. The molecule has 1 aliphatic rings. The number of hydrogen-bond donors (Lipinski definition) is 0. The summed E-state index contributed by atoms with van der Waals surface area (Å²) < 4.78 is 7.03. The first-order valence-corrected chi connectivity index (χ1v) is 6.27. The Morgan fingerprint density at radius 2 is 2.29 bits per heavy atom. The Bertz CT molecular complexity index is 693. The molecule has 0 N–H and O–H groups in total. The third-order valence-corrected chi connectivity index (χ3v) is 3.72. The number of aryl methyl sites for hydroxylation is 1. The molecule has 1 aliphatic carbocycles. The van der Waals surface area contributed by atoms with E-state index in [1.54, 1.807) is 6.26 Å². The van der Waals surface area contributed by atoms with E-state index in [9.17, 15) is 0 Å². The molecule has 6 nitrogen and oxygen atoms in total. The summed E-state index contributed by atoms with van der Waals surface area (Å²) >= 11 is 1.49. The van der Waals surface area contributed by atoms with Gasteiger partial charge in [0.1, 0.15) is 12.0 Å². The van der Waals surface area contributed by atoms with Crippen LogP contribution in [0.3, 0.4) is 0 Å². The van der Waals surface area contributed by atoms with Crippen molar-refractivity contribution in [3.8, 4) is 10.7 Å². The Hall–Kier alpha value is -1.76. The van der Waals surface area contributed by atoms with Gasteiger partial charge in [-0.2, -0.15) is 9.61 Å². The van der Waals surface area contributed by atoms with Crippen LogP contribution >= 0.6 is 11.3 Å². The monoisotopic (exact) mass is 247 g/mol. The molecule has 4 rings (SSSR count). The lowest BCUT2D eigenvalue weighted by molar-refractivity contribution is 0.521. The average Bonchev–Trinajstić information content (AvgIpc) is 2.73. The first-order valence-electron chi connectivity index (χ1n) is 5.46. The van der Waals surface area contributed by atoms with Gasteiger partial charge in [-0.1, -0.05) is 11.3 Å². The summed E-state index contributed by atoms with van der Waals surface area (Å²) in [5.74, 6) is 2.16. The van der Waals surface area contributed by atoms with Gasteiger partial charge in [0.2, 0.25) is 4.96 Å². The topological polar surface area (TPSA) is 69.1 Å². The molecule has 7 heteroatoms. The van der Waals surface area contributed by atoms with Gasteiger partial charge in [0.15, 0.2) is 16.7 Å². The third-order valence-electron chi connectivity index (χ3n) is 2.80. The van der Waals surface area contributed by atoms with E-state index in [4.69, 9.17) is 4.42 Å². The molecular weight excluding hydrogens is 238 g/mol. The Morgan fingerprint density at radius 3 is 3.00 bits per heavy atom. The molecular formula is C10H9N5OS. The van der Waals surface area contributed by atoms with Crippen molar-refractivity contribution >= 4 is 16.3 Å². The van der Waals surface area contributed by atoms with Crippen LogP contribution in [0.2, 0.25) is 0 Å². The first kappa shape index (κ1) is 9.29. The minimum absolute atomic E-state index is 0.541. The molecule has 0 saturated heterocycles. The highest BCUT2D eigenvalue weighted by atomic mass is 32.1. The largest absolute Gasteiger partial charge is 0.449 e. The highest BCUT2D eigenvalue weighted by Gasteiger charge is 2.30. The Morgan fingerprint density at radius 1 is 1.41 bits per heavy atom.